The highest BCUT2D eigenvalue weighted by molar-refractivity contribution is 6.30. The van der Waals surface area contributed by atoms with Crippen molar-refractivity contribution in [2.45, 2.75) is 0 Å². The molecular formula is C23H15ClN4O. The molecule has 0 fully saturated rings. The van der Waals surface area contributed by atoms with E-state index >= 15 is 0 Å². The monoisotopic (exact) mass is 398 g/mol. The van der Waals surface area contributed by atoms with Gasteiger partial charge in [-0.3, -0.25) is 14.2 Å². The number of halogens is 1. The summed E-state index contributed by atoms with van der Waals surface area (Å²) in [6, 6.07) is 20.7. The molecule has 0 radical (unpaired) electrons. The third kappa shape index (κ3) is 3.11. The standard InChI is InChI=1S/C23H15ClN4O/c24-17-9-7-15(8-10-17)22-27-21(20-6-1-2-13-28(20)22)23(29)26-19-5-3-4-16-14-25-12-11-18(16)19/h1-14H,(H,26,29). The van der Waals surface area contributed by atoms with Crippen molar-refractivity contribution in [3.8, 4) is 11.4 Å². The fourth-order valence-corrected chi connectivity index (χ4v) is 3.55. The molecule has 0 bridgehead atoms. The van der Waals surface area contributed by atoms with Gasteiger partial charge in [-0.25, -0.2) is 4.98 Å². The summed E-state index contributed by atoms with van der Waals surface area (Å²) in [7, 11) is 0. The number of nitrogens with one attached hydrogen (secondary N) is 1. The molecule has 1 amide bonds. The van der Waals surface area contributed by atoms with Crippen molar-refractivity contribution in [2.75, 3.05) is 5.32 Å². The Labute approximate surface area is 171 Å². The second kappa shape index (κ2) is 7.04. The number of hydrogen-bond donors (Lipinski definition) is 1. The molecule has 5 nitrogen and oxygen atoms in total. The number of fused-ring (bicyclic) bond motifs is 2. The van der Waals surface area contributed by atoms with Gasteiger partial charge < -0.3 is 5.32 Å². The lowest BCUT2D eigenvalue weighted by Crippen LogP contribution is -2.13. The van der Waals surface area contributed by atoms with Crippen molar-refractivity contribution in [3.63, 3.8) is 0 Å². The number of carbonyl (C=O) groups excluding carboxylic acids is 1. The van der Waals surface area contributed by atoms with Gasteiger partial charge in [0, 0.05) is 45.6 Å². The Balaban J connectivity index is 1.59. The van der Waals surface area contributed by atoms with E-state index in [9.17, 15) is 4.79 Å². The Bertz CT molecular complexity index is 1350. The molecule has 2 aromatic carbocycles. The summed E-state index contributed by atoms with van der Waals surface area (Å²) in [5.74, 6) is 0.419. The van der Waals surface area contributed by atoms with E-state index < -0.39 is 0 Å². The maximum Gasteiger partial charge on any atom is 0.276 e. The molecular weight excluding hydrogens is 384 g/mol. The molecule has 0 atom stereocenters. The summed E-state index contributed by atoms with van der Waals surface area (Å²) in [5.41, 5.74) is 2.70. The largest absolute Gasteiger partial charge is 0.320 e. The molecule has 0 saturated carbocycles. The summed E-state index contributed by atoms with van der Waals surface area (Å²) < 4.78 is 1.91. The number of aromatic nitrogens is 3. The third-order valence-electron chi connectivity index (χ3n) is 4.79. The van der Waals surface area contributed by atoms with Crippen molar-refractivity contribution >= 4 is 39.5 Å². The lowest BCUT2D eigenvalue weighted by atomic mass is 10.1. The van der Waals surface area contributed by atoms with Crippen molar-refractivity contribution in [2.24, 2.45) is 0 Å². The minimum absolute atomic E-state index is 0.266. The third-order valence-corrected chi connectivity index (χ3v) is 5.05. The van der Waals surface area contributed by atoms with E-state index in [1.165, 1.54) is 0 Å². The molecule has 0 aliphatic heterocycles. The lowest BCUT2D eigenvalue weighted by Gasteiger charge is -2.07. The van der Waals surface area contributed by atoms with Crippen LogP contribution in [0.1, 0.15) is 10.5 Å². The number of rotatable bonds is 3. The number of carbonyl (C=O) groups is 1. The molecule has 29 heavy (non-hydrogen) atoms. The maximum atomic E-state index is 13.1. The van der Waals surface area contributed by atoms with Crippen LogP contribution in [0.15, 0.2) is 85.3 Å². The zero-order chi connectivity index (χ0) is 19.8. The molecule has 0 saturated heterocycles. The Kier molecular flexibility index (Phi) is 4.22. The molecule has 3 aromatic heterocycles. The summed E-state index contributed by atoms with van der Waals surface area (Å²) in [5, 5.41) is 5.54. The lowest BCUT2D eigenvalue weighted by molar-refractivity contribution is 0.102. The van der Waals surface area contributed by atoms with Crippen LogP contribution in [0.2, 0.25) is 5.02 Å². The predicted octanol–water partition coefficient (Wildman–Crippen LogP) is 5.46. The minimum Gasteiger partial charge on any atom is -0.320 e. The Morgan fingerprint density at radius 1 is 0.966 bits per heavy atom. The quantitative estimate of drug-likeness (QED) is 0.439. The smallest absolute Gasteiger partial charge is 0.276 e. The number of amides is 1. The van der Waals surface area contributed by atoms with Crippen LogP contribution in [0.3, 0.4) is 0 Å². The van der Waals surface area contributed by atoms with E-state index in [0.717, 1.165) is 27.5 Å². The summed E-state index contributed by atoms with van der Waals surface area (Å²) in [6.07, 6.45) is 5.38. The van der Waals surface area contributed by atoms with E-state index in [2.05, 4.69) is 15.3 Å². The number of nitrogens with zero attached hydrogens (tertiary/aromatic N) is 3. The summed E-state index contributed by atoms with van der Waals surface area (Å²) in [6.45, 7) is 0. The molecule has 0 aliphatic rings. The molecule has 3 heterocycles. The van der Waals surface area contributed by atoms with Gasteiger partial charge >= 0.3 is 0 Å². The molecule has 0 aliphatic carbocycles. The van der Waals surface area contributed by atoms with Crippen LogP contribution < -0.4 is 5.32 Å². The zero-order valence-electron chi connectivity index (χ0n) is 15.2. The highest BCUT2D eigenvalue weighted by Crippen LogP contribution is 2.26. The number of benzene rings is 2. The molecule has 0 spiro atoms. The summed E-state index contributed by atoms with van der Waals surface area (Å²) >= 11 is 6.02. The first-order valence-electron chi connectivity index (χ1n) is 9.08. The van der Waals surface area contributed by atoms with Crippen LogP contribution in [-0.4, -0.2) is 20.3 Å². The van der Waals surface area contributed by atoms with Crippen LogP contribution in [-0.2, 0) is 0 Å². The van der Waals surface area contributed by atoms with Crippen LogP contribution in [0.25, 0.3) is 27.7 Å². The normalized spacial score (nSPS) is 11.1. The number of hydrogen-bond acceptors (Lipinski definition) is 3. The van der Waals surface area contributed by atoms with Gasteiger partial charge in [0.25, 0.3) is 5.91 Å². The van der Waals surface area contributed by atoms with Gasteiger partial charge in [-0.1, -0.05) is 29.8 Å². The van der Waals surface area contributed by atoms with E-state index in [0.29, 0.717) is 16.5 Å². The topological polar surface area (TPSA) is 59.3 Å². The van der Waals surface area contributed by atoms with Crippen LogP contribution >= 0.6 is 11.6 Å². The van der Waals surface area contributed by atoms with Crippen LogP contribution in [0, 0.1) is 0 Å². The van der Waals surface area contributed by atoms with Crippen molar-refractivity contribution in [1.82, 2.24) is 14.4 Å². The number of anilines is 1. The molecule has 0 unspecified atom stereocenters. The number of pyridine rings is 2. The molecule has 6 heteroatoms. The first-order chi connectivity index (χ1) is 14.2. The zero-order valence-corrected chi connectivity index (χ0v) is 16.0. The predicted molar refractivity (Wildman–Crippen MR) is 115 cm³/mol. The molecule has 1 N–H and O–H groups in total. The van der Waals surface area contributed by atoms with E-state index in [-0.39, 0.29) is 5.91 Å². The van der Waals surface area contributed by atoms with Crippen molar-refractivity contribution in [3.05, 3.63) is 96.0 Å². The Hall–Kier alpha value is -3.70. The second-order valence-electron chi connectivity index (χ2n) is 6.60. The first-order valence-corrected chi connectivity index (χ1v) is 9.45. The Morgan fingerprint density at radius 2 is 1.83 bits per heavy atom. The average Bonchev–Trinajstić information content (AvgIpc) is 3.14. The second-order valence-corrected chi connectivity index (χ2v) is 7.04. The summed E-state index contributed by atoms with van der Waals surface area (Å²) in [4.78, 5) is 21.9. The van der Waals surface area contributed by atoms with Gasteiger partial charge in [0.2, 0.25) is 0 Å². The van der Waals surface area contributed by atoms with Gasteiger partial charge in [-0.2, -0.15) is 0 Å². The van der Waals surface area contributed by atoms with Crippen LogP contribution in [0.4, 0.5) is 5.69 Å². The fraction of sp³-hybridized carbons (Fsp3) is 0. The van der Waals surface area contributed by atoms with Gasteiger partial charge in [0.15, 0.2) is 5.69 Å². The van der Waals surface area contributed by atoms with Gasteiger partial charge in [0.05, 0.1) is 5.52 Å². The van der Waals surface area contributed by atoms with Gasteiger partial charge in [-0.05, 0) is 48.5 Å². The van der Waals surface area contributed by atoms with Crippen molar-refractivity contribution < 1.29 is 4.79 Å². The van der Waals surface area contributed by atoms with E-state index in [1.807, 2.05) is 77.3 Å². The van der Waals surface area contributed by atoms with Crippen LogP contribution in [0.5, 0.6) is 0 Å². The highest BCUT2D eigenvalue weighted by atomic mass is 35.5. The Morgan fingerprint density at radius 3 is 2.69 bits per heavy atom. The maximum absolute atomic E-state index is 13.1. The van der Waals surface area contributed by atoms with E-state index in [1.54, 1.807) is 12.4 Å². The minimum atomic E-state index is -0.266. The van der Waals surface area contributed by atoms with Gasteiger partial charge in [-0.15, -0.1) is 0 Å². The van der Waals surface area contributed by atoms with Crippen molar-refractivity contribution in [1.29, 1.82) is 0 Å². The SMILES string of the molecule is O=C(Nc1cccc2cnccc12)c1nc(-c2ccc(Cl)cc2)n2ccccc12. The average molecular weight is 399 g/mol. The van der Waals surface area contributed by atoms with Gasteiger partial charge in [0.1, 0.15) is 5.82 Å². The first kappa shape index (κ1) is 17.4. The molecule has 140 valence electrons. The fourth-order valence-electron chi connectivity index (χ4n) is 3.42. The number of imidazole rings is 1. The molecule has 5 rings (SSSR count). The molecule has 5 aromatic rings. The highest BCUT2D eigenvalue weighted by Gasteiger charge is 2.19. The van der Waals surface area contributed by atoms with E-state index in [4.69, 9.17) is 11.6 Å².